The number of ether oxygens (including phenoxy) is 1. The molecule has 0 amide bonds. The molecule has 0 unspecified atom stereocenters. The van der Waals surface area contributed by atoms with Crippen molar-refractivity contribution in [3.8, 4) is 33.8 Å². The van der Waals surface area contributed by atoms with E-state index in [0.29, 0.717) is 0 Å². The first-order chi connectivity index (χ1) is 52.6. The molecule has 0 aliphatic carbocycles. The molecule has 0 bridgehead atoms. The highest BCUT2D eigenvalue weighted by atomic mass is 16.5. The van der Waals surface area contributed by atoms with Crippen molar-refractivity contribution in [2.75, 3.05) is 24.5 Å². The lowest BCUT2D eigenvalue weighted by Gasteiger charge is -2.47. The van der Waals surface area contributed by atoms with Gasteiger partial charge in [-0.05, 0) is 154 Å². The Morgan fingerprint density at radius 2 is 0.613 bits per heavy atom. The molecular weight excluding hydrogens is 1290 g/mol. The molecule has 106 heavy (non-hydrogen) atoms. The summed E-state index contributed by atoms with van der Waals surface area (Å²) in [6.07, 6.45) is 0. The highest BCUT2D eigenvalue weighted by molar-refractivity contribution is 7.02. The summed E-state index contributed by atoms with van der Waals surface area (Å²) in [4.78, 5) is 12.5. The van der Waals surface area contributed by atoms with E-state index in [-0.39, 0.29) is 13.4 Å². The van der Waals surface area contributed by atoms with Crippen molar-refractivity contribution in [3.05, 3.63) is 370 Å². The van der Waals surface area contributed by atoms with E-state index >= 15 is 0 Å². The van der Waals surface area contributed by atoms with Gasteiger partial charge < -0.3 is 38.1 Å². The highest BCUT2D eigenvalue weighted by Gasteiger charge is 2.49. The van der Waals surface area contributed by atoms with Gasteiger partial charge in [0.2, 0.25) is 0 Å². The van der Waals surface area contributed by atoms with Crippen LogP contribution in [0, 0.1) is 0 Å². The lowest BCUT2D eigenvalue weighted by molar-refractivity contribution is 0.487. The van der Waals surface area contributed by atoms with Crippen LogP contribution in [0.1, 0.15) is 0 Å². The summed E-state index contributed by atoms with van der Waals surface area (Å²) < 4.78 is 21.6. The predicted molar refractivity (Wildman–Crippen MR) is 441 cm³/mol. The van der Waals surface area contributed by atoms with Crippen molar-refractivity contribution >= 4 is 175 Å². The topological polar surface area (TPSA) is 51.7 Å². The lowest BCUT2D eigenvalue weighted by Crippen LogP contribution is -2.64. The number of fused-ring (bicyclic) bond motifs is 14. The molecule has 4 aliphatic rings. The Bertz CT molecular complexity index is 6490. The number of anilines is 15. The molecule has 6 heterocycles. The minimum absolute atomic E-state index is 0.283. The average molecular weight is 1350 g/mol. The van der Waals surface area contributed by atoms with E-state index in [9.17, 15) is 0 Å². The van der Waals surface area contributed by atoms with Gasteiger partial charge in [-0.3, -0.25) is 0 Å². The molecule has 494 valence electrons. The van der Waals surface area contributed by atoms with E-state index in [2.05, 4.69) is 395 Å². The second kappa shape index (κ2) is 23.8. The minimum Gasteiger partial charge on any atom is -0.458 e. The number of benzene rings is 16. The molecule has 4 aliphatic heterocycles. The molecule has 2 aromatic heterocycles. The molecule has 0 saturated heterocycles. The number of rotatable bonds is 11. The summed E-state index contributed by atoms with van der Waals surface area (Å²) in [5.74, 6) is 1.61. The largest absolute Gasteiger partial charge is 0.458 e. The van der Waals surface area contributed by atoms with E-state index in [4.69, 9.17) is 13.6 Å². The summed E-state index contributed by atoms with van der Waals surface area (Å²) in [7, 11) is 0. The molecule has 8 nitrogen and oxygen atoms in total. The predicted octanol–water partition coefficient (Wildman–Crippen LogP) is 22.2. The van der Waals surface area contributed by atoms with E-state index in [0.717, 1.165) is 179 Å². The normalized spacial score (nSPS) is 12.9. The van der Waals surface area contributed by atoms with E-state index < -0.39 is 0 Å². The summed E-state index contributed by atoms with van der Waals surface area (Å²) in [5.41, 5.74) is 29.6. The zero-order valence-electron chi connectivity index (χ0n) is 57.3. The van der Waals surface area contributed by atoms with Crippen molar-refractivity contribution in [2.24, 2.45) is 0 Å². The molecule has 0 radical (unpaired) electrons. The van der Waals surface area contributed by atoms with Gasteiger partial charge >= 0.3 is 0 Å². The SMILES string of the molecule is c1ccc(N(c2ccccc2)c2cc3c4c(c2)N(c2ccccc2-c2cccc5c2oc2ccccc25)c2cc5c(cc2B4c2ccccc2O3)B2c3ccccc3N(c3ccccc3)c3cc(N(c4ccccc4)c4ccccc4)cc(c32)N5c2ccccc2-c2cccc3c2oc2ccccc23)cc1. The molecule has 16 aromatic carbocycles. The van der Waals surface area contributed by atoms with Crippen molar-refractivity contribution in [3.63, 3.8) is 0 Å². The van der Waals surface area contributed by atoms with Gasteiger partial charge in [-0.15, -0.1) is 0 Å². The van der Waals surface area contributed by atoms with Crippen LogP contribution in [0.2, 0.25) is 0 Å². The number of nitrogens with zero attached hydrogens (tertiary/aromatic N) is 5. The number of hydrogen-bond donors (Lipinski definition) is 0. The molecule has 18 aromatic rings. The molecule has 0 N–H and O–H groups in total. The van der Waals surface area contributed by atoms with Crippen molar-refractivity contribution in [2.45, 2.75) is 0 Å². The van der Waals surface area contributed by atoms with Crippen molar-refractivity contribution in [1.82, 2.24) is 0 Å². The van der Waals surface area contributed by atoms with E-state index in [1.165, 1.54) is 16.4 Å². The van der Waals surface area contributed by atoms with Gasteiger partial charge in [-0.25, -0.2) is 0 Å². The third-order valence-corrected chi connectivity index (χ3v) is 22.0. The molecule has 10 heteroatoms. The monoisotopic (exact) mass is 1350 g/mol. The number of para-hydroxylation sites is 13. The third kappa shape index (κ3) is 9.10. The standard InChI is InChI=1S/C96H61B2N5O3/c1-6-30-62(31-7-1)99(63-32-8-2-9-33-63)67-56-86-93-87(57-67)102(81-50-22-16-40-69(81)73-44-28-46-75-71-42-18-25-53-89(71)105-95(73)75)84-61-85-80(60-79(84)97(93)77-48-20-24-52-83(77)101(86)66-38-14-5-15-39-66)98-78-49-21-27-55-91(78)104-92-59-68(100(64-34-10-3-11-35-64)65-36-12-4-13-37-65)58-88(94(92)98)103(85)82-51-23-17-41-70(82)74-45-29-47-76-72-43-19-26-54-90(72)106-96(74)76/h1-61H. The Balaban J connectivity index is 0.893. The lowest BCUT2D eigenvalue weighted by atomic mass is 9.30. The van der Waals surface area contributed by atoms with Gasteiger partial charge in [0.05, 0.1) is 22.7 Å². The number of hydrogen-bond acceptors (Lipinski definition) is 8. The van der Waals surface area contributed by atoms with Crippen LogP contribution < -0.4 is 62.0 Å². The summed E-state index contributed by atoms with van der Waals surface area (Å²) in [6, 6.07) is 134. The Hall–Kier alpha value is -14.0. The van der Waals surface area contributed by atoms with Crippen LogP contribution in [0.3, 0.4) is 0 Å². The average Bonchev–Trinajstić information content (AvgIpc) is 0.802. The van der Waals surface area contributed by atoms with E-state index in [1.807, 2.05) is 0 Å². The molecule has 0 saturated carbocycles. The zero-order valence-corrected chi connectivity index (χ0v) is 57.3. The molecule has 22 rings (SSSR count). The zero-order chi connectivity index (χ0) is 69.5. The molecule has 0 atom stereocenters. The third-order valence-electron chi connectivity index (χ3n) is 22.0. The smallest absolute Gasteiger partial charge is 0.256 e. The van der Waals surface area contributed by atoms with Crippen molar-refractivity contribution in [1.29, 1.82) is 0 Å². The van der Waals surface area contributed by atoms with Gasteiger partial charge in [0, 0.05) is 112 Å². The first kappa shape index (κ1) is 59.7. The van der Waals surface area contributed by atoms with Crippen LogP contribution in [0.4, 0.5) is 85.3 Å². The van der Waals surface area contributed by atoms with Crippen LogP contribution in [-0.4, -0.2) is 13.4 Å². The molecule has 0 fully saturated rings. The second-order valence-electron chi connectivity index (χ2n) is 27.8. The number of furan rings is 2. The fourth-order valence-electron chi connectivity index (χ4n) is 17.7. The maximum absolute atomic E-state index is 7.50. The summed E-state index contributed by atoms with van der Waals surface area (Å²) in [5, 5.41) is 4.27. The minimum atomic E-state index is -0.298. The first-order valence-electron chi connectivity index (χ1n) is 36.3. The Labute approximate surface area is 613 Å². The fraction of sp³-hybridized carbons (Fsp3) is 0. The van der Waals surface area contributed by atoms with Gasteiger partial charge in [0.1, 0.15) is 33.8 Å². The maximum atomic E-state index is 7.50. The van der Waals surface area contributed by atoms with Crippen LogP contribution >= 0.6 is 0 Å². The Morgan fingerprint density at radius 3 is 1.14 bits per heavy atom. The highest BCUT2D eigenvalue weighted by Crippen LogP contribution is 2.55. The maximum Gasteiger partial charge on any atom is 0.256 e. The van der Waals surface area contributed by atoms with Crippen LogP contribution in [0.5, 0.6) is 11.5 Å². The van der Waals surface area contributed by atoms with Gasteiger partial charge in [-0.2, -0.15) is 0 Å². The van der Waals surface area contributed by atoms with Gasteiger partial charge in [0.15, 0.2) is 0 Å². The summed E-state index contributed by atoms with van der Waals surface area (Å²) >= 11 is 0. The summed E-state index contributed by atoms with van der Waals surface area (Å²) in [6.45, 7) is -0.581. The fourth-order valence-corrected chi connectivity index (χ4v) is 17.7. The quantitative estimate of drug-likeness (QED) is 0.119. The second-order valence-corrected chi connectivity index (χ2v) is 27.8. The first-order valence-corrected chi connectivity index (χ1v) is 36.3. The molecular formula is C96H61B2N5O3. The Morgan fingerprint density at radius 1 is 0.226 bits per heavy atom. The Kier molecular flexibility index (Phi) is 13.4. The van der Waals surface area contributed by atoms with E-state index in [1.54, 1.807) is 0 Å². The van der Waals surface area contributed by atoms with Crippen LogP contribution in [0.25, 0.3) is 66.1 Å². The molecule has 0 spiro atoms. The van der Waals surface area contributed by atoms with Crippen molar-refractivity contribution < 1.29 is 13.6 Å². The van der Waals surface area contributed by atoms with Gasteiger partial charge in [0.25, 0.3) is 13.4 Å². The van der Waals surface area contributed by atoms with Gasteiger partial charge in [-0.1, -0.05) is 243 Å². The van der Waals surface area contributed by atoms with Crippen LogP contribution in [0.15, 0.2) is 379 Å². The van der Waals surface area contributed by atoms with Crippen LogP contribution in [-0.2, 0) is 0 Å².